The number of nitrogens with one attached hydrogen (secondary N) is 1. The molecule has 1 aromatic carbocycles. The first kappa shape index (κ1) is 14.2. The average molecular weight is 263 g/mol. The van der Waals surface area contributed by atoms with E-state index in [1.807, 2.05) is 38.2 Å². The smallest absolute Gasteiger partial charge is 0.161 e. The Morgan fingerprint density at radius 3 is 2.37 bits per heavy atom. The Morgan fingerprint density at radius 1 is 1.16 bits per heavy atom. The van der Waals surface area contributed by atoms with Gasteiger partial charge in [-0.15, -0.1) is 0 Å². The first-order valence-corrected chi connectivity index (χ1v) is 7.29. The van der Waals surface area contributed by atoms with Gasteiger partial charge in [-0.3, -0.25) is 0 Å². The lowest BCUT2D eigenvalue weighted by Gasteiger charge is -2.42. The summed E-state index contributed by atoms with van der Waals surface area (Å²) in [5.41, 5.74) is 0.468. The van der Waals surface area contributed by atoms with Gasteiger partial charge in [0.15, 0.2) is 11.5 Å². The molecule has 1 aliphatic carbocycles. The number of ether oxygens (including phenoxy) is 2. The number of rotatable bonds is 8. The normalized spacial score (nSPS) is 16.7. The minimum atomic E-state index is 0.468. The van der Waals surface area contributed by atoms with Crippen LogP contribution in [-0.2, 0) is 0 Å². The second-order valence-corrected chi connectivity index (χ2v) is 5.36. The molecule has 1 fully saturated rings. The van der Waals surface area contributed by atoms with Crippen molar-refractivity contribution < 1.29 is 9.47 Å². The Hall–Kier alpha value is -1.22. The molecule has 1 N–H and O–H groups in total. The second-order valence-electron chi connectivity index (χ2n) is 5.36. The largest absolute Gasteiger partial charge is 0.490 e. The molecule has 0 aromatic heterocycles. The van der Waals surface area contributed by atoms with E-state index in [1.165, 1.54) is 19.3 Å². The van der Waals surface area contributed by atoms with Crippen LogP contribution in [0.2, 0.25) is 0 Å². The summed E-state index contributed by atoms with van der Waals surface area (Å²) >= 11 is 0. The predicted octanol–water partition coefficient (Wildman–Crippen LogP) is 3.24. The van der Waals surface area contributed by atoms with E-state index < -0.39 is 0 Å². The molecule has 0 spiro atoms. The third kappa shape index (κ3) is 3.63. The molecule has 19 heavy (non-hydrogen) atoms. The minimum absolute atomic E-state index is 0.468. The Kier molecular flexibility index (Phi) is 5.08. The topological polar surface area (TPSA) is 30.5 Å². The molecule has 0 radical (unpaired) electrons. The maximum absolute atomic E-state index is 5.91. The molecule has 106 valence electrons. The summed E-state index contributed by atoms with van der Waals surface area (Å²) in [5, 5.41) is 3.31. The van der Waals surface area contributed by atoms with Crippen molar-refractivity contribution >= 4 is 0 Å². The van der Waals surface area contributed by atoms with Crippen LogP contribution in [0, 0.1) is 5.41 Å². The molecule has 2 rings (SSSR count). The van der Waals surface area contributed by atoms with Gasteiger partial charge >= 0.3 is 0 Å². The van der Waals surface area contributed by atoms with Crippen LogP contribution in [-0.4, -0.2) is 26.8 Å². The highest BCUT2D eigenvalue weighted by Gasteiger charge is 2.35. The summed E-state index contributed by atoms with van der Waals surface area (Å²) in [7, 11) is 2.03. The minimum Gasteiger partial charge on any atom is -0.490 e. The lowest BCUT2D eigenvalue weighted by molar-refractivity contribution is 0.0936. The van der Waals surface area contributed by atoms with Crippen molar-refractivity contribution in [3.63, 3.8) is 0 Å². The molecule has 0 aliphatic heterocycles. The van der Waals surface area contributed by atoms with E-state index in [9.17, 15) is 0 Å². The van der Waals surface area contributed by atoms with Gasteiger partial charge in [0.1, 0.15) is 0 Å². The summed E-state index contributed by atoms with van der Waals surface area (Å²) in [6.07, 6.45) is 5.13. The zero-order valence-corrected chi connectivity index (χ0v) is 12.1. The van der Waals surface area contributed by atoms with Gasteiger partial charge in [0.25, 0.3) is 0 Å². The summed E-state index contributed by atoms with van der Waals surface area (Å²) in [6, 6.07) is 7.92. The molecule has 0 bridgehead atoms. The fourth-order valence-electron chi connectivity index (χ4n) is 2.79. The summed E-state index contributed by atoms with van der Waals surface area (Å²) < 4.78 is 11.5. The quantitative estimate of drug-likeness (QED) is 0.781. The summed E-state index contributed by atoms with van der Waals surface area (Å²) in [5.74, 6) is 1.71. The van der Waals surface area contributed by atoms with Crippen molar-refractivity contribution in [2.24, 2.45) is 5.41 Å². The van der Waals surface area contributed by atoms with Gasteiger partial charge in [0.2, 0.25) is 0 Å². The molecule has 0 unspecified atom stereocenters. The molecule has 1 aliphatic rings. The van der Waals surface area contributed by atoms with Crippen LogP contribution in [0.5, 0.6) is 11.5 Å². The Morgan fingerprint density at radius 2 is 1.84 bits per heavy atom. The van der Waals surface area contributed by atoms with Gasteiger partial charge in [0, 0.05) is 6.54 Å². The van der Waals surface area contributed by atoms with Crippen LogP contribution < -0.4 is 14.8 Å². The van der Waals surface area contributed by atoms with E-state index in [2.05, 4.69) is 5.32 Å². The Balaban J connectivity index is 1.85. The molecule has 3 heteroatoms. The van der Waals surface area contributed by atoms with Gasteiger partial charge in [-0.05, 0) is 50.8 Å². The Labute approximate surface area is 116 Å². The third-order valence-electron chi connectivity index (χ3n) is 4.00. The first-order valence-electron chi connectivity index (χ1n) is 7.29. The zero-order chi connectivity index (χ0) is 13.6. The van der Waals surface area contributed by atoms with Gasteiger partial charge in [-0.2, -0.15) is 0 Å². The molecular weight excluding hydrogens is 238 g/mol. The monoisotopic (exact) mass is 263 g/mol. The van der Waals surface area contributed by atoms with Gasteiger partial charge < -0.3 is 14.8 Å². The SMILES string of the molecule is CCOc1ccccc1OCCC1(CNC)CCC1. The molecule has 0 saturated heterocycles. The molecule has 3 nitrogen and oxygen atoms in total. The lowest BCUT2D eigenvalue weighted by atomic mass is 9.67. The third-order valence-corrected chi connectivity index (χ3v) is 4.00. The molecule has 1 saturated carbocycles. The van der Waals surface area contributed by atoms with Crippen molar-refractivity contribution in [1.29, 1.82) is 0 Å². The van der Waals surface area contributed by atoms with E-state index >= 15 is 0 Å². The second kappa shape index (κ2) is 6.80. The molecule has 0 heterocycles. The highest BCUT2D eigenvalue weighted by Crippen LogP contribution is 2.43. The highest BCUT2D eigenvalue weighted by atomic mass is 16.5. The van der Waals surface area contributed by atoms with Gasteiger partial charge in [-0.1, -0.05) is 18.6 Å². The van der Waals surface area contributed by atoms with Crippen LogP contribution in [0.15, 0.2) is 24.3 Å². The van der Waals surface area contributed by atoms with E-state index in [4.69, 9.17) is 9.47 Å². The van der Waals surface area contributed by atoms with Crippen LogP contribution in [0.3, 0.4) is 0 Å². The van der Waals surface area contributed by atoms with Crippen molar-refractivity contribution in [2.75, 3.05) is 26.8 Å². The van der Waals surface area contributed by atoms with Crippen LogP contribution in [0.25, 0.3) is 0 Å². The van der Waals surface area contributed by atoms with Crippen LogP contribution >= 0.6 is 0 Å². The standard InChI is InChI=1S/C16H25NO2/c1-3-18-14-7-4-5-8-15(14)19-12-11-16(13-17-2)9-6-10-16/h4-5,7-8,17H,3,6,9-13H2,1-2H3. The summed E-state index contributed by atoms with van der Waals surface area (Å²) in [4.78, 5) is 0. The van der Waals surface area contributed by atoms with Crippen LogP contribution in [0.4, 0.5) is 0 Å². The summed E-state index contributed by atoms with van der Waals surface area (Å²) in [6.45, 7) is 4.53. The van der Waals surface area contributed by atoms with Gasteiger partial charge in [-0.25, -0.2) is 0 Å². The van der Waals surface area contributed by atoms with E-state index in [0.717, 1.165) is 31.1 Å². The van der Waals surface area contributed by atoms with E-state index in [1.54, 1.807) is 0 Å². The fraction of sp³-hybridized carbons (Fsp3) is 0.625. The van der Waals surface area contributed by atoms with Crippen LogP contribution in [0.1, 0.15) is 32.6 Å². The molecule has 0 atom stereocenters. The number of hydrogen-bond acceptors (Lipinski definition) is 3. The van der Waals surface area contributed by atoms with E-state index in [-0.39, 0.29) is 0 Å². The van der Waals surface area contributed by atoms with Crippen molar-refractivity contribution in [2.45, 2.75) is 32.6 Å². The molecule has 0 amide bonds. The number of para-hydroxylation sites is 2. The maximum atomic E-state index is 5.91. The van der Waals surface area contributed by atoms with Crippen molar-refractivity contribution in [3.05, 3.63) is 24.3 Å². The lowest BCUT2D eigenvalue weighted by Crippen LogP contribution is -2.39. The number of benzene rings is 1. The molecular formula is C16H25NO2. The van der Waals surface area contributed by atoms with Crippen molar-refractivity contribution in [3.8, 4) is 11.5 Å². The highest BCUT2D eigenvalue weighted by molar-refractivity contribution is 5.39. The zero-order valence-electron chi connectivity index (χ0n) is 12.1. The Bertz CT molecular complexity index is 388. The van der Waals surface area contributed by atoms with E-state index in [0.29, 0.717) is 12.0 Å². The van der Waals surface area contributed by atoms with Crippen molar-refractivity contribution in [1.82, 2.24) is 5.32 Å². The first-order chi connectivity index (χ1) is 9.29. The number of hydrogen-bond donors (Lipinski definition) is 1. The fourth-order valence-corrected chi connectivity index (χ4v) is 2.79. The predicted molar refractivity (Wildman–Crippen MR) is 77.9 cm³/mol. The average Bonchev–Trinajstić information content (AvgIpc) is 2.38. The molecule has 1 aromatic rings. The maximum Gasteiger partial charge on any atom is 0.161 e. The van der Waals surface area contributed by atoms with Gasteiger partial charge in [0.05, 0.1) is 13.2 Å².